The van der Waals surface area contributed by atoms with Crippen molar-refractivity contribution in [2.45, 2.75) is 20.8 Å². The van der Waals surface area contributed by atoms with E-state index in [1.807, 2.05) is 32.9 Å². The molecule has 0 bridgehead atoms. The van der Waals surface area contributed by atoms with Gasteiger partial charge in [0.2, 0.25) is 0 Å². The van der Waals surface area contributed by atoms with Crippen molar-refractivity contribution in [3.63, 3.8) is 0 Å². The summed E-state index contributed by atoms with van der Waals surface area (Å²) in [6, 6.07) is 12.2. The monoisotopic (exact) mass is 307 g/mol. The minimum atomic E-state index is -0.439. The Morgan fingerprint density at radius 3 is 2.30 bits per heavy atom. The molecule has 3 rings (SSSR count). The molecule has 0 atom stereocenters. The van der Waals surface area contributed by atoms with Crippen molar-refractivity contribution in [1.82, 2.24) is 0 Å². The molecule has 4 heteroatoms. The van der Waals surface area contributed by atoms with Crippen LogP contribution in [0.25, 0.3) is 11.0 Å². The molecule has 116 valence electrons. The first-order chi connectivity index (χ1) is 10.9. The van der Waals surface area contributed by atoms with Gasteiger partial charge in [-0.2, -0.15) is 0 Å². The Labute approximate surface area is 133 Å². The second kappa shape index (κ2) is 5.72. The van der Waals surface area contributed by atoms with E-state index in [2.05, 4.69) is 5.32 Å². The highest BCUT2D eigenvalue weighted by Gasteiger charge is 2.13. The summed E-state index contributed by atoms with van der Waals surface area (Å²) in [5, 5.41) is 3.22. The predicted octanol–water partition coefficient (Wildman–Crippen LogP) is 3.97. The van der Waals surface area contributed by atoms with Gasteiger partial charge in [0.15, 0.2) is 11.2 Å². The molecule has 2 aromatic carbocycles. The molecule has 0 aliphatic carbocycles. The molecule has 0 aliphatic rings. The first kappa shape index (κ1) is 15.0. The van der Waals surface area contributed by atoms with Gasteiger partial charge in [-0.15, -0.1) is 0 Å². The average molecular weight is 307 g/mol. The SMILES string of the molecule is Cc1ccc(NC(=O)c2cc(=O)c3cc(C)c(C)cc3o2)cc1. The first-order valence-corrected chi connectivity index (χ1v) is 7.37. The Balaban J connectivity index is 1.99. The Hall–Kier alpha value is -2.88. The van der Waals surface area contributed by atoms with Crippen LogP contribution in [0.5, 0.6) is 0 Å². The van der Waals surface area contributed by atoms with Crippen LogP contribution in [0.15, 0.2) is 51.7 Å². The van der Waals surface area contributed by atoms with Crippen molar-refractivity contribution in [3.8, 4) is 0 Å². The van der Waals surface area contributed by atoms with E-state index >= 15 is 0 Å². The number of carbonyl (C=O) groups excluding carboxylic acids is 1. The maximum Gasteiger partial charge on any atom is 0.291 e. The fourth-order valence-electron chi connectivity index (χ4n) is 2.35. The molecule has 23 heavy (non-hydrogen) atoms. The van der Waals surface area contributed by atoms with Crippen molar-refractivity contribution < 1.29 is 9.21 Å². The molecule has 1 N–H and O–H groups in total. The quantitative estimate of drug-likeness (QED) is 0.779. The second-order valence-corrected chi connectivity index (χ2v) is 5.73. The van der Waals surface area contributed by atoms with Crippen LogP contribution in [-0.2, 0) is 0 Å². The van der Waals surface area contributed by atoms with Gasteiger partial charge in [0.1, 0.15) is 5.58 Å². The minimum Gasteiger partial charge on any atom is -0.451 e. The standard InChI is InChI=1S/C19H17NO3/c1-11-4-6-14(7-5-11)20-19(22)18-10-16(21)15-8-12(2)13(3)9-17(15)23-18/h4-10H,1-3H3,(H,20,22). The van der Waals surface area contributed by atoms with Gasteiger partial charge in [0.25, 0.3) is 5.91 Å². The van der Waals surface area contributed by atoms with Gasteiger partial charge < -0.3 is 9.73 Å². The maximum absolute atomic E-state index is 12.3. The Bertz CT molecular complexity index is 953. The van der Waals surface area contributed by atoms with Crippen LogP contribution in [0.1, 0.15) is 27.2 Å². The normalized spacial score (nSPS) is 10.7. The fraction of sp³-hybridized carbons (Fsp3) is 0.158. The largest absolute Gasteiger partial charge is 0.451 e. The summed E-state index contributed by atoms with van der Waals surface area (Å²) in [6.45, 7) is 5.85. The molecule has 0 aliphatic heterocycles. The van der Waals surface area contributed by atoms with Gasteiger partial charge in [-0.25, -0.2) is 0 Å². The van der Waals surface area contributed by atoms with Crippen LogP contribution in [0.4, 0.5) is 5.69 Å². The highest BCUT2D eigenvalue weighted by atomic mass is 16.3. The van der Waals surface area contributed by atoms with E-state index < -0.39 is 5.91 Å². The van der Waals surface area contributed by atoms with E-state index in [-0.39, 0.29) is 11.2 Å². The maximum atomic E-state index is 12.3. The van der Waals surface area contributed by atoms with Gasteiger partial charge in [0, 0.05) is 11.8 Å². The summed E-state index contributed by atoms with van der Waals surface area (Å²) in [4.78, 5) is 24.5. The van der Waals surface area contributed by atoms with Crippen molar-refractivity contribution in [2.24, 2.45) is 0 Å². The number of aryl methyl sites for hydroxylation is 3. The number of carbonyl (C=O) groups is 1. The first-order valence-electron chi connectivity index (χ1n) is 7.37. The lowest BCUT2D eigenvalue weighted by atomic mass is 10.1. The van der Waals surface area contributed by atoms with E-state index in [0.717, 1.165) is 16.7 Å². The highest BCUT2D eigenvalue weighted by molar-refractivity contribution is 6.03. The third-order valence-corrected chi connectivity index (χ3v) is 3.88. The minimum absolute atomic E-state index is 0.00586. The average Bonchev–Trinajstić information content (AvgIpc) is 2.51. The number of hydrogen-bond acceptors (Lipinski definition) is 3. The molecule has 4 nitrogen and oxygen atoms in total. The predicted molar refractivity (Wildman–Crippen MR) is 91.1 cm³/mol. The number of nitrogens with one attached hydrogen (secondary N) is 1. The third kappa shape index (κ3) is 3.01. The van der Waals surface area contributed by atoms with Gasteiger partial charge in [-0.05, 0) is 56.2 Å². The Morgan fingerprint density at radius 2 is 1.61 bits per heavy atom. The molecule has 0 spiro atoms. The number of benzene rings is 2. The third-order valence-electron chi connectivity index (χ3n) is 3.88. The van der Waals surface area contributed by atoms with E-state index in [9.17, 15) is 9.59 Å². The van der Waals surface area contributed by atoms with E-state index in [1.54, 1.807) is 24.3 Å². The number of hydrogen-bond donors (Lipinski definition) is 1. The molecule has 1 amide bonds. The smallest absolute Gasteiger partial charge is 0.291 e. The van der Waals surface area contributed by atoms with Crippen LogP contribution in [0.3, 0.4) is 0 Å². The molecule has 0 unspecified atom stereocenters. The van der Waals surface area contributed by atoms with Crippen LogP contribution >= 0.6 is 0 Å². The summed E-state index contributed by atoms with van der Waals surface area (Å²) < 4.78 is 5.62. The molecule has 0 radical (unpaired) electrons. The van der Waals surface area contributed by atoms with Crippen molar-refractivity contribution in [2.75, 3.05) is 5.32 Å². The van der Waals surface area contributed by atoms with Crippen LogP contribution in [0.2, 0.25) is 0 Å². The fourth-order valence-corrected chi connectivity index (χ4v) is 2.35. The van der Waals surface area contributed by atoms with E-state index in [0.29, 0.717) is 16.7 Å². The topological polar surface area (TPSA) is 59.3 Å². The second-order valence-electron chi connectivity index (χ2n) is 5.73. The molecular formula is C19H17NO3. The molecule has 0 saturated heterocycles. The van der Waals surface area contributed by atoms with Gasteiger partial charge in [-0.1, -0.05) is 17.7 Å². The van der Waals surface area contributed by atoms with Crippen molar-refractivity contribution in [3.05, 3.63) is 75.1 Å². The molecule has 0 fully saturated rings. The van der Waals surface area contributed by atoms with Crippen LogP contribution < -0.4 is 10.7 Å². The summed E-state index contributed by atoms with van der Waals surface area (Å²) in [6.07, 6.45) is 0. The van der Waals surface area contributed by atoms with Crippen LogP contribution in [0, 0.1) is 20.8 Å². The van der Waals surface area contributed by atoms with Gasteiger partial charge in [0.05, 0.1) is 5.39 Å². The molecular weight excluding hydrogens is 290 g/mol. The number of amides is 1. The van der Waals surface area contributed by atoms with Gasteiger partial charge in [-0.3, -0.25) is 9.59 Å². The zero-order chi connectivity index (χ0) is 16.6. The lowest BCUT2D eigenvalue weighted by molar-refractivity contribution is 0.0997. The molecule has 0 saturated carbocycles. The summed E-state index contributed by atoms with van der Waals surface area (Å²) >= 11 is 0. The molecule has 3 aromatic rings. The van der Waals surface area contributed by atoms with Gasteiger partial charge >= 0.3 is 0 Å². The summed E-state index contributed by atoms with van der Waals surface area (Å²) in [7, 11) is 0. The number of anilines is 1. The Morgan fingerprint density at radius 1 is 0.957 bits per heavy atom. The lowest BCUT2D eigenvalue weighted by Gasteiger charge is -2.07. The van der Waals surface area contributed by atoms with E-state index in [1.165, 1.54) is 6.07 Å². The highest BCUT2D eigenvalue weighted by Crippen LogP contribution is 2.18. The summed E-state index contributed by atoms with van der Waals surface area (Å²) in [5.41, 5.74) is 3.99. The molecule has 1 heterocycles. The lowest BCUT2D eigenvalue weighted by Crippen LogP contribution is -2.15. The number of fused-ring (bicyclic) bond motifs is 1. The van der Waals surface area contributed by atoms with Crippen molar-refractivity contribution >= 4 is 22.6 Å². The zero-order valence-electron chi connectivity index (χ0n) is 13.3. The molecule has 1 aromatic heterocycles. The number of rotatable bonds is 2. The van der Waals surface area contributed by atoms with Crippen LogP contribution in [-0.4, -0.2) is 5.91 Å². The summed E-state index contributed by atoms with van der Waals surface area (Å²) in [5.74, 6) is -0.433. The van der Waals surface area contributed by atoms with Crippen molar-refractivity contribution in [1.29, 1.82) is 0 Å². The zero-order valence-corrected chi connectivity index (χ0v) is 13.3. The van der Waals surface area contributed by atoms with E-state index in [4.69, 9.17) is 4.42 Å². The Kier molecular flexibility index (Phi) is 3.74.